The number of hydrogen-bond acceptors (Lipinski definition) is 5. The van der Waals surface area contributed by atoms with Crippen LogP contribution in [0.25, 0.3) is 0 Å². The average molecular weight is 362 g/mol. The third-order valence-electron chi connectivity index (χ3n) is 9.04. The Kier molecular flexibility index (Phi) is 2.18. The fraction of sp³-hybridized carbons (Fsp3) is 0.850. The van der Waals surface area contributed by atoms with Crippen molar-refractivity contribution in [1.29, 1.82) is 0 Å². The summed E-state index contributed by atoms with van der Waals surface area (Å²) in [5.74, 6) is 0.0922. The first-order chi connectivity index (χ1) is 12.3. The molecule has 7 aliphatic rings. The number of hydrogen-bond donors (Lipinski definition) is 0. The molecule has 0 N–H and O–H groups in total. The van der Waals surface area contributed by atoms with Gasteiger partial charge in [-0.05, 0) is 36.7 Å². The van der Waals surface area contributed by atoms with Crippen molar-refractivity contribution in [2.75, 3.05) is 6.61 Å². The number of cyclic esters (lactones) is 1. The van der Waals surface area contributed by atoms with Crippen molar-refractivity contribution < 1.29 is 28.1 Å². The van der Waals surface area contributed by atoms with E-state index in [-0.39, 0.29) is 41.5 Å². The van der Waals surface area contributed by atoms with Crippen molar-refractivity contribution in [1.82, 2.24) is 0 Å². The summed E-state index contributed by atoms with van der Waals surface area (Å²) in [6.07, 6.45) is 0.701. The van der Waals surface area contributed by atoms with Crippen LogP contribution < -0.4 is 0 Å². The van der Waals surface area contributed by atoms with Crippen molar-refractivity contribution in [2.45, 2.75) is 81.3 Å². The number of halogens is 1. The second kappa shape index (κ2) is 3.78. The van der Waals surface area contributed by atoms with Crippen molar-refractivity contribution in [3.05, 3.63) is 11.1 Å². The predicted molar refractivity (Wildman–Crippen MR) is 86.0 cm³/mol. The number of fused-ring (bicyclic) bond motifs is 4. The van der Waals surface area contributed by atoms with Gasteiger partial charge in [-0.15, -0.1) is 0 Å². The van der Waals surface area contributed by atoms with Crippen LogP contribution in [0.2, 0.25) is 0 Å². The smallest absolute Gasteiger partial charge is 0.334 e. The molecule has 0 aromatic rings. The molecule has 140 valence electrons. The number of alkyl halides is 1. The molecule has 7 rings (SSSR count). The Labute approximate surface area is 151 Å². The van der Waals surface area contributed by atoms with Gasteiger partial charge < -0.3 is 18.9 Å². The van der Waals surface area contributed by atoms with E-state index in [1.54, 1.807) is 0 Å². The number of epoxide rings is 3. The van der Waals surface area contributed by atoms with Crippen molar-refractivity contribution in [2.24, 2.45) is 17.3 Å². The number of esters is 1. The average Bonchev–Trinajstić information content (AvgIpc) is 3.47. The molecule has 0 amide bonds. The van der Waals surface area contributed by atoms with Crippen LogP contribution in [0, 0.1) is 17.3 Å². The van der Waals surface area contributed by atoms with Gasteiger partial charge in [0.05, 0.1) is 6.10 Å². The molecule has 0 bridgehead atoms. The van der Waals surface area contributed by atoms with E-state index in [9.17, 15) is 4.79 Å². The van der Waals surface area contributed by atoms with Crippen LogP contribution in [0.15, 0.2) is 11.1 Å². The standard InChI is InChI=1S/C20H23FO5/c1-8(2)18-13(25-18)14-20(26-14)17(3)5-4-9-10(7-23-15(9)22)11(17)6-12-19(20,24-12)16(18)21/h8,11-14,16H,4-7H2,1-3H3/t11-,12-,13-,14-,16?,17-,18-,19+,20+/m0/s1. The van der Waals surface area contributed by atoms with Gasteiger partial charge in [0.1, 0.15) is 30.0 Å². The van der Waals surface area contributed by atoms with Gasteiger partial charge in [0.2, 0.25) is 0 Å². The Morgan fingerprint density at radius 1 is 1.19 bits per heavy atom. The molecule has 26 heavy (non-hydrogen) atoms. The van der Waals surface area contributed by atoms with E-state index in [2.05, 4.69) is 6.92 Å². The maximum atomic E-state index is 16.0. The maximum Gasteiger partial charge on any atom is 0.334 e. The lowest BCUT2D eigenvalue weighted by atomic mass is 9.47. The Morgan fingerprint density at radius 2 is 2.00 bits per heavy atom. The van der Waals surface area contributed by atoms with Gasteiger partial charge in [0.25, 0.3) is 0 Å². The fourth-order valence-corrected chi connectivity index (χ4v) is 7.63. The largest absolute Gasteiger partial charge is 0.458 e. The summed E-state index contributed by atoms with van der Waals surface area (Å²) in [5.41, 5.74) is -0.492. The zero-order chi connectivity index (χ0) is 17.9. The van der Waals surface area contributed by atoms with E-state index in [4.69, 9.17) is 18.9 Å². The molecule has 6 heteroatoms. The van der Waals surface area contributed by atoms with Crippen LogP contribution in [0.4, 0.5) is 4.39 Å². The second-order valence-electron chi connectivity index (χ2n) is 9.87. The number of carbonyl (C=O) groups excluding carboxylic acids is 1. The topological polar surface area (TPSA) is 63.9 Å². The first-order valence-corrected chi connectivity index (χ1v) is 9.91. The highest BCUT2D eigenvalue weighted by atomic mass is 19.1. The minimum atomic E-state index is -1.15. The van der Waals surface area contributed by atoms with Crippen LogP contribution >= 0.6 is 0 Å². The van der Waals surface area contributed by atoms with Crippen LogP contribution in [-0.2, 0) is 23.7 Å². The van der Waals surface area contributed by atoms with Crippen LogP contribution in [0.1, 0.15) is 40.0 Å². The molecule has 3 aliphatic carbocycles. The Bertz CT molecular complexity index is 823. The monoisotopic (exact) mass is 362 g/mol. The Hall–Kier alpha value is -0.980. The van der Waals surface area contributed by atoms with Crippen LogP contribution in [0.3, 0.4) is 0 Å². The van der Waals surface area contributed by atoms with Gasteiger partial charge in [-0.25, -0.2) is 9.18 Å². The lowest BCUT2D eigenvalue weighted by molar-refractivity contribution is -0.136. The normalized spacial score (nSPS) is 63.1. The van der Waals surface area contributed by atoms with Crippen molar-refractivity contribution >= 4 is 5.97 Å². The highest BCUT2D eigenvalue weighted by Gasteiger charge is 3.00. The third-order valence-corrected chi connectivity index (χ3v) is 9.04. The molecule has 9 atom stereocenters. The number of carbonyl (C=O) groups is 1. The van der Waals surface area contributed by atoms with E-state index in [1.165, 1.54) is 0 Å². The summed E-state index contributed by atoms with van der Waals surface area (Å²) >= 11 is 0. The van der Waals surface area contributed by atoms with Gasteiger partial charge in [-0.1, -0.05) is 20.8 Å². The third kappa shape index (κ3) is 1.14. The number of ether oxygens (including phenoxy) is 4. The number of rotatable bonds is 1. The quantitative estimate of drug-likeness (QED) is 0.528. The summed E-state index contributed by atoms with van der Waals surface area (Å²) < 4.78 is 40.0. The van der Waals surface area contributed by atoms with E-state index in [0.29, 0.717) is 13.0 Å². The predicted octanol–water partition coefficient (Wildman–Crippen LogP) is 2.08. The SMILES string of the molecule is CC(C)[C@]12O[C@H]1[C@@H]1O[C@@]13[C@@]1(C)CCC4=C(COC4=O)[C@@H]1C[C@@H]1O[C@@]13C2F. The molecule has 2 spiro atoms. The van der Waals surface area contributed by atoms with Crippen LogP contribution in [0.5, 0.6) is 0 Å². The zero-order valence-electron chi connectivity index (χ0n) is 15.2. The van der Waals surface area contributed by atoms with Crippen molar-refractivity contribution in [3.63, 3.8) is 0 Å². The summed E-state index contributed by atoms with van der Waals surface area (Å²) in [6, 6.07) is 0. The molecule has 5 nitrogen and oxygen atoms in total. The first kappa shape index (κ1) is 15.0. The molecule has 3 saturated heterocycles. The highest BCUT2D eigenvalue weighted by molar-refractivity contribution is 5.92. The van der Waals surface area contributed by atoms with E-state index in [1.807, 2.05) is 13.8 Å². The molecule has 2 saturated carbocycles. The Morgan fingerprint density at radius 3 is 2.77 bits per heavy atom. The van der Waals surface area contributed by atoms with Gasteiger partial charge in [-0.3, -0.25) is 0 Å². The van der Waals surface area contributed by atoms with E-state index >= 15 is 4.39 Å². The second-order valence-corrected chi connectivity index (χ2v) is 9.87. The molecule has 0 radical (unpaired) electrons. The molecule has 5 fully saturated rings. The van der Waals surface area contributed by atoms with Crippen LogP contribution in [-0.4, -0.2) is 53.9 Å². The molecular formula is C20H23FO5. The summed E-state index contributed by atoms with van der Waals surface area (Å²) in [4.78, 5) is 12.1. The lowest BCUT2D eigenvalue weighted by Gasteiger charge is -2.52. The first-order valence-electron chi connectivity index (χ1n) is 9.91. The van der Waals surface area contributed by atoms with Crippen molar-refractivity contribution in [3.8, 4) is 0 Å². The molecular weight excluding hydrogens is 339 g/mol. The minimum Gasteiger partial charge on any atom is -0.458 e. The van der Waals surface area contributed by atoms with E-state index < -0.39 is 23.0 Å². The van der Waals surface area contributed by atoms with Gasteiger partial charge in [-0.2, -0.15) is 0 Å². The maximum absolute atomic E-state index is 16.0. The summed E-state index contributed by atoms with van der Waals surface area (Å²) in [7, 11) is 0. The Balaban J connectivity index is 1.39. The van der Waals surface area contributed by atoms with E-state index in [0.717, 1.165) is 24.0 Å². The summed E-state index contributed by atoms with van der Waals surface area (Å²) in [6.45, 7) is 6.66. The molecule has 4 heterocycles. The van der Waals surface area contributed by atoms with Gasteiger partial charge in [0, 0.05) is 11.0 Å². The minimum absolute atomic E-state index is 0.0881. The molecule has 1 unspecified atom stereocenters. The molecule has 0 aromatic heterocycles. The fourth-order valence-electron chi connectivity index (χ4n) is 7.63. The molecule has 4 aliphatic heterocycles. The van der Waals surface area contributed by atoms with Gasteiger partial charge in [0.15, 0.2) is 11.8 Å². The highest BCUT2D eigenvalue weighted by Crippen LogP contribution is 2.83. The van der Waals surface area contributed by atoms with Gasteiger partial charge >= 0.3 is 5.97 Å². The summed E-state index contributed by atoms with van der Waals surface area (Å²) in [5, 5.41) is 0. The lowest BCUT2D eigenvalue weighted by Crippen LogP contribution is -2.68. The zero-order valence-corrected chi connectivity index (χ0v) is 15.2. The molecule has 0 aromatic carbocycles.